The monoisotopic (exact) mass is 276 g/mol. The predicted molar refractivity (Wildman–Crippen MR) is 62.7 cm³/mol. The molecule has 0 amide bonds. The van der Waals surface area contributed by atoms with Crippen LogP contribution in [0.2, 0.25) is 0 Å². The van der Waals surface area contributed by atoms with Crippen molar-refractivity contribution in [2.24, 2.45) is 0 Å². The van der Waals surface area contributed by atoms with Crippen molar-refractivity contribution in [3.05, 3.63) is 12.2 Å². The lowest BCUT2D eigenvalue weighted by Gasteiger charge is -2.52. The van der Waals surface area contributed by atoms with Gasteiger partial charge in [-0.2, -0.15) is 0 Å². The Morgan fingerprint density at radius 3 is 1.64 bits per heavy atom. The number of alkyl halides is 4. The summed E-state index contributed by atoms with van der Waals surface area (Å²) in [6.45, 7) is 4.95. The summed E-state index contributed by atoms with van der Waals surface area (Å²) in [5.74, 6) is 0. The molecule has 0 saturated carbocycles. The van der Waals surface area contributed by atoms with E-state index in [-0.39, 0.29) is 0 Å². The van der Waals surface area contributed by atoms with Gasteiger partial charge in [0.05, 0.1) is 9.75 Å². The predicted octanol–water partition coefficient (Wildman–Crippen LogP) is 3.48. The smallest absolute Gasteiger partial charge is 0.178 e. The molecule has 1 nitrogen and oxygen atoms in total. The summed E-state index contributed by atoms with van der Waals surface area (Å²) >= 11 is 24.5. The van der Waals surface area contributed by atoms with E-state index in [9.17, 15) is 5.11 Å². The van der Waals surface area contributed by atoms with Gasteiger partial charge in [-0.3, -0.25) is 0 Å². The minimum atomic E-state index is -1.69. The molecule has 0 aliphatic heterocycles. The van der Waals surface area contributed by atoms with Gasteiger partial charge in [0.2, 0.25) is 0 Å². The maximum Gasteiger partial charge on any atom is 0.178 e. The summed E-state index contributed by atoms with van der Waals surface area (Å²) in [5, 5.41) is 8.18. The Labute approximate surface area is 104 Å². The SMILES string of the molecule is CC1(Cl)C=CC(O)(Cl)C(C)(Cl)C1(C)Cl. The van der Waals surface area contributed by atoms with Gasteiger partial charge in [-0.1, -0.05) is 17.7 Å². The number of aliphatic hydroxyl groups is 1. The fourth-order valence-electron chi connectivity index (χ4n) is 1.37. The highest BCUT2D eigenvalue weighted by molar-refractivity contribution is 6.45. The molecule has 0 spiro atoms. The van der Waals surface area contributed by atoms with E-state index in [2.05, 4.69) is 0 Å². The molecule has 82 valence electrons. The normalized spacial score (nSPS) is 58.9. The molecule has 0 bridgehead atoms. The molecule has 1 aliphatic carbocycles. The summed E-state index contributed by atoms with van der Waals surface area (Å²) < 4.78 is 0. The zero-order chi connectivity index (χ0) is 11.4. The first-order chi connectivity index (χ1) is 5.96. The number of allylic oxidation sites excluding steroid dienone is 1. The van der Waals surface area contributed by atoms with E-state index in [4.69, 9.17) is 46.4 Å². The molecule has 0 aromatic rings. The Balaban J connectivity index is 3.36. The van der Waals surface area contributed by atoms with Crippen molar-refractivity contribution in [2.45, 2.75) is 40.5 Å². The molecule has 0 heterocycles. The van der Waals surface area contributed by atoms with Gasteiger partial charge >= 0.3 is 0 Å². The first kappa shape index (κ1) is 12.9. The van der Waals surface area contributed by atoms with Gasteiger partial charge in [-0.15, -0.1) is 34.8 Å². The molecule has 4 atom stereocenters. The van der Waals surface area contributed by atoms with Gasteiger partial charge in [0.25, 0.3) is 0 Å². The second-order valence-electron chi connectivity index (χ2n) is 4.09. The summed E-state index contributed by atoms with van der Waals surface area (Å²) in [5.41, 5.74) is 0. The standard InChI is InChI=1S/C9H12Cl4O/c1-6(10)4-5-9(13,14)8(3,12)7(6,2)11/h4-5,14H,1-3H3. The Morgan fingerprint density at radius 2 is 1.29 bits per heavy atom. The van der Waals surface area contributed by atoms with Crippen LogP contribution in [-0.4, -0.2) is 24.8 Å². The van der Waals surface area contributed by atoms with Gasteiger partial charge in [0.15, 0.2) is 5.06 Å². The van der Waals surface area contributed by atoms with E-state index in [1.807, 2.05) is 0 Å². The van der Waals surface area contributed by atoms with E-state index in [1.165, 1.54) is 6.08 Å². The number of hydrogen-bond acceptors (Lipinski definition) is 1. The molecular formula is C9H12Cl4O. The van der Waals surface area contributed by atoms with Crippen molar-refractivity contribution >= 4 is 46.4 Å². The van der Waals surface area contributed by atoms with Crippen LogP contribution in [0.5, 0.6) is 0 Å². The van der Waals surface area contributed by atoms with Crippen molar-refractivity contribution in [3.63, 3.8) is 0 Å². The fourth-order valence-corrected chi connectivity index (χ4v) is 2.44. The minimum absolute atomic E-state index is 0.855. The van der Waals surface area contributed by atoms with Crippen LogP contribution in [0.4, 0.5) is 0 Å². The van der Waals surface area contributed by atoms with Crippen LogP contribution >= 0.6 is 46.4 Å². The molecule has 14 heavy (non-hydrogen) atoms. The summed E-state index contributed by atoms with van der Waals surface area (Å²) in [4.78, 5) is -3.17. The quantitative estimate of drug-likeness (QED) is 0.531. The zero-order valence-electron chi connectivity index (χ0n) is 8.11. The van der Waals surface area contributed by atoms with E-state index in [0.29, 0.717) is 0 Å². The molecule has 1 aliphatic rings. The number of rotatable bonds is 0. The molecule has 0 aromatic heterocycles. The topological polar surface area (TPSA) is 20.2 Å². The Morgan fingerprint density at radius 1 is 0.857 bits per heavy atom. The second-order valence-corrected chi connectivity index (χ2v) is 6.96. The first-order valence-corrected chi connectivity index (χ1v) is 5.65. The van der Waals surface area contributed by atoms with Gasteiger partial charge in [-0.25, -0.2) is 0 Å². The van der Waals surface area contributed by atoms with Crippen molar-refractivity contribution < 1.29 is 5.11 Å². The van der Waals surface area contributed by atoms with E-state index in [1.54, 1.807) is 26.8 Å². The van der Waals surface area contributed by atoms with Crippen molar-refractivity contribution in [2.75, 3.05) is 0 Å². The lowest BCUT2D eigenvalue weighted by atomic mass is 9.75. The molecule has 0 fully saturated rings. The van der Waals surface area contributed by atoms with Crippen molar-refractivity contribution in [1.29, 1.82) is 0 Å². The summed E-state index contributed by atoms with van der Waals surface area (Å²) in [7, 11) is 0. The minimum Gasteiger partial charge on any atom is -0.370 e. The average molecular weight is 278 g/mol. The average Bonchev–Trinajstić information content (AvgIpc) is 1.98. The maximum atomic E-state index is 9.87. The van der Waals surface area contributed by atoms with Gasteiger partial charge in [0, 0.05) is 0 Å². The molecule has 4 unspecified atom stereocenters. The highest BCUT2D eigenvalue weighted by Crippen LogP contribution is 2.56. The maximum absolute atomic E-state index is 9.87. The van der Waals surface area contributed by atoms with E-state index < -0.39 is 19.7 Å². The van der Waals surface area contributed by atoms with Gasteiger partial charge in [0.1, 0.15) is 4.87 Å². The lowest BCUT2D eigenvalue weighted by Crippen LogP contribution is -2.65. The van der Waals surface area contributed by atoms with Crippen LogP contribution in [0.1, 0.15) is 20.8 Å². The lowest BCUT2D eigenvalue weighted by molar-refractivity contribution is 0.0994. The van der Waals surface area contributed by atoms with Crippen molar-refractivity contribution in [1.82, 2.24) is 0 Å². The zero-order valence-corrected chi connectivity index (χ0v) is 11.1. The molecule has 0 aromatic carbocycles. The molecular weight excluding hydrogens is 266 g/mol. The van der Waals surface area contributed by atoms with Crippen molar-refractivity contribution in [3.8, 4) is 0 Å². The summed E-state index contributed by atoms with van der Waals surface area (Å²) in [6.07, 6.45) is 2.94. The van der Waals surface area contributed by atoms with Gasteiger partial charge < -0.3 is 5.11 Å². The molecule has 0 saturated heterocycles. The first-order valence-electron chi connectivity index (χ1n) is 4.14. The molecule has 5 heteroatoms. The third-order valence-electron chi connectivity index (χ3n) is 3.08. The van der Waals surface area contributed by atoms with Crippen LogP contribution in [-0.2, 0) is 0 Å². The highest BCUT2D eigenvalue weighted by Gasteiger charge is 2.63. The largest absolute Gasteiger partial charge is 0.370 e. The third kappa shape index (κ3) is 1.49. The highest BCUT2D eigenvalue weighted by atomic mass is 35.5. The number of halogens is 4. The van der Waals surface area contributed by atoms with Crippen LogP contribution < -0.4 is 0 Å². The van der Waals surface area contributed by atoms with Crippen LogP contribution in [0.25, 0.3) is 0 Å². The Hall–Kier alpha value is 0.860. The number of hydrogen-bond donors (Lipinski definition) is 1. The van der Waals surface area contributed by atoms with Crippen LogP contribution in [0.3, 0.4) is 0 Å². The van der Waals surface area contributed by atoms with E-state index in [0.717, 1.165) is 0 Å². The van der Waals surface area contributed by atoms with Crippen LogP contribution in [0, 0.1) is 0 Å². The molecule has 0 radical (unpaired) electrons. The fraction of sp³-hybridized carbons (Fsp3) is 0.778. The Kier molecular flexibility index (Phi) is 2.93. The molecule has 1 N–H and O–H groups in total. The van der Waals surface area contributed by atoms with Crippen LogP contribution in [0.15, 0.2) is 12.2 Å². The second kappa shape index (κ2) is 3.18. The van der Waals surface area contributed by atoms with E-state index >= 15 is 0 Å². The van der Waals surface area contributed by atoms with Gasteiger partial charge in [-0.05, 0) is 26.8 Å². The summed E-state index contributed by atoms with van der Waals surface area (Å²) in [6, 6.07) is 0. The molecule has 1 rings (SSSR count). The third-order valence-corrected chi connectivity index (χ3v) is 5.81. The Bertz CT molecular complexity index is 251.